The molecule has 1 amide bonds. The summed E-state index contributed by atoms with van der Waals surface area (Å²) in [6, 6.07) is 0.691. The first-order valence-corrected chi connectivity index (χ1v) is 6.66. The highest BCUT2D eigenvalue weighted by atomic mass is 16.2. The molecule has 2 N–H and O–H groups in total. The third-order valence-electron chi connectivity index (χ3n) is 3.87. The van der Waals surface area contributed by atoms with Crippen LogP contribution in [0.3, 0.4) is 0 Å². The molecule has 1 atom stereocenters. The molecule has 1 aliphatic rings. The highest BCUT2D eigenvalue weighted by molar-refractivity contribution is 5.79. The molecule has 1 aliphatic carbocycles. The van der Waals surface area contributed by atoms with Crippen molar-refractivity contribution in [2.45, 2.75) is 65.0 Å². The zero-order valence-electron chi connectivity index (χ0n) is 10.9. The Bertz CT molecular complexity index is 222. The van der Waals surface area contributed by atoms with Crippen LogP contribution in [0, 0.1) is 5.92 Å². The largest absolute Gasteiger partial charge is 0.340 e. The fourth-order valence-electron chi connectivity index (χ4n) is 2.51. The van der Waals surface area contributed by atoms with Crippen molar-refractivity contribution in [1.29, 1.82) is 0 Å². The zero-order valence-corrected chi connectivity index (χ0v) is 10.9. The molecule has 94 valence electrons. The zero-order chi connectivity index (χ0) is 12.1. The van der Waals surface area contributed by atoms with Crippen LogP contribution >= 0.6 is 0 Å². The minimum Gasteiger partial charge on any atom is -0.340 e. The van der Waals surface area contributed by atoms with Gasteiger partial charge in [-0.1, -0.05) is 6.92 Å². The molecule has 1 unspecified atom stereocenters. The van der Waals surface area contributed by atoms with E-state index in [2.05, 4.69) is 20.8 Å². The molecular formula is C13H26N2O. The Morgan fingerprint density at radius 2 is 1.88 bits per heavy atom. The van der Waals surface area contributed by atoms with Crippen molar-refractivity contribution in [3.63, 3.8) is 0 Å². The molecule has 1 rings (SSSR count). The van der Waals surface area contributed by atoms with E-state index in [-0.39, 0.29) is 5.92 Å². The average molecular weight is 226 g/mol. The Morgan fingerprint density at radius 3 is 2.31 bits per heavy atom. The summed E-state index contributed by atoms with van der Waals surface area (Å²) in [6.07, 6.45) is 5.01. The van der Waals surface area contributed by atoms with E-state index in [1.807, 2.05) is 4.90 Å². The van der Waals surface area contributed by atoms with E-state index >= 15 is 0 Å². The minimum absolute atomic E-state index is 0.230. The molecule has 0 aliphatic heterocycles. The van der Waals surface area contributed by atoms with Gasteiger partial charge >= 0.3 is 0 Å². The van der Waals surface area contributed by atoms with Crippen molar-refractivity contribution < 1.29 is 4.79 Å². The van der Waals surface area contributed by atoms with Gasteiger partial charge in [-0.05, 0) is 46.0 Å². The molecule has 16 heavy (non-hydrogen) atoms. The maximum absolute atomic E-state index is 12.3. The van der Waals surface area contributed by atoms with Crippen LogP contribution in [-0.2, 0) is 4.79 Å². The fourth-order valence-corrected chi connectivity index (χ4v) is 2.51. The van der Waals surface area contributed by atoms with Gasteiger partial charge in [0.05, 0.1) is 0 Å². The summed E-state index contributed by atoms with van der Waals surface area (Å²) < 4.78 is 0. The van der Waals surface area contributed by atoms with Crippen molar-refractivity contribution in [1.82, 2.24) is 4.90 Å². The van der Waals surface area contributed by atoms with E-state index in [0.717, 1.165) is 38.6 Å². The second kappa shape index (κ2) is 6.24. The van der Waals surface area contributed by atoms with Gasteiger partial charge in [0.1, 0.15) is 0 Å². The number of nitrogens with zero attached hydrogens (tertiary/aromatic N) is 1. The van der Waals surface area contributed by atoms with E-state index in [1.54, 1.807) is 0 Å². The summed E-state index contributed by atoms with van der Waals surface area (Å²) in [6.45, 7) is 7.17. The second-order valence-corrected chi connectivity index (χ2v) is 4.99. The van der Waals surface area contributed by atoms with Gasteiger partial charge in [0.15, 0.2) is 0 Å². The third kappa shape index (κ3) is 3.21. The summed E-state index contributed by atoms with van der Waals surface area (Å²) in [5.74, 6) is 0.581. The van der Waals surface area contributed by atoms with Crippen molar-refractivity contribution in [3.05, 3.63) is 0 Å². The normalized spacial score (nSPS) is 27.5. The summed E-state index contributed by atoms with van der Waals surface area (Å²) in [5.41, 5.74) is 5.87. The van der Waals surface area contributed by atoms with Gasteiger partial charge in [-0.2, -0.15) is 0 Å². The van der Waals surface area contributed by atoms with Crippen LogP contribution < -0.4 is 5.73 Å². The van der Waals surface area contributed by atoms with Gasteiger partial charge in [-0.25, -0.2) is 0 Å². The quantitative estimate of drug-likeness (QED) is 0.798. The fraction of sp³-hybridized carbons (Fsp3) is 0.923. The van der Waals surface area contributed by atoms with E-state index < -0.39 is 0 Å². The average Bonchev–Trinajstić information content (AvgIpc) is 2.30. The van der Waals surface area contributed by atoms with Gasteiger partial charge in [0, 0.05) is 24.5 Å². The lowest BCUT2D eigenvalue weighted by Gasteiger charge is -2.33. The number of amides is 1. The summed E-state index contributed by atoms with van der Waals surface area (Å²) >= 11 is 0. The Kier molecular flexibility index (Phi) is 5.26. The van der Waals surface area contributed by atoms with Gasteiger partial charge in [-0.15, -0.1) is 0 Å². The minimum atomic E-state index is 0.230. The standard InChI is InChI=1S/C13H26N2O/c1-4-10(3)15(5-2)13(16)11-6-8-12(14)9-7-11/h10-12H,4-9,14H2,1-3H3. The van der Waals surface area contributed by atoms with Crippen LogP contribution in [0.4, 0.5) is 0 Å². The SMILES string of the molecule is CCC(C)N(CC)C(=O)C1CCC(N)CC1. The number of hydrogen-bond acceptors (Lipinski definition) is 2. The van der Waals surface area contributed by atoms with Gasteiger partial charge in [-0.3, -0.25) is 4.79 Å². The Labute approximate surface area is 99.4 Å². The van der Waals surface area contributed by atoms with Crippen LogP contribution in [0.5, 0.6) is 0 Å². The molecular weight excluding hydrogens is 200 g/mol. The Hall–Kier alpha value is -0.570. The van der Waals surface area contributed by atoms with Crippen LogP contribution in [0.2, 0.25) is 0 Å². The first kappa shape index (κ1) is 13.5. The van der Waals surface area contributed by atoms with E-state index in [0.29, 0.717) is 18.0 Å². The van der Waals surface area contributed by atoms with Gasteiger partial charge < -0.3 is 10.6 Å². The third-order valence-corrected chi connectivity index (χ3v) is 3.87. The Morgan fingerprint density at radius 1 is 1.31 bits per heavy atom. The van der Waals surface area contributed by atoms with Crippen molar-refractivity contribution in [2.75, 3.05) is 6.54 Å². The van der Waals surface area contributed by atoms with Crippen molar-refractivity contribution in [3.8, 4) is 0 Å². The topological polar surface area (TPSA) is 46.3 Å². The molecule has 0 radical (unpaired) electrons. The van der Waals surface area contributed by atoms with Gasteiger partial charge in [0.2, 0.25) is 5.91 Å². The number of carbonyl (C=O) groups excluding carboxylic acids is 1. The molecule has 0 aromatic heterocycles. The number of rotatable bonds is 4. The summed E-state index contributed by atoms with van der Waals surface area (Å²) in [7, 11) is 0. The highest BCUT2D eigenvalue weighted by Gasteiger charge is 2.29. The second-order valence-electron chi connectivity index (χ2n) is 4.99. The van der Waals surface area contributed by atoms with Crippen LogP contribution in [0.15, 0.2) is 0 Å². The molecule has 0 saturated heterocycles. The van der Waals surface area contributed by atoms with E-state index in [1.165, 1.54) is 0 Å². The Balaban J connectivity index is 2.54. The van der Waals surface area contributed by atoms with E-state index in [4.69, 9.17) is 5.73 Å². The summed E-state index contributed by atoms with van der Waals surface area (Å²) in [4.78, 5) is 14.4. The lowest BCUT2D eigenvalue weighted by atomic mass is 9.85. The van der Waals surface area contributed by atoms with Crippen LogP contribution in [0.1, 0.15) is 52.9 Å². The van der Waals surface area contributed by atoms with Crippen molar-refractivity contribution in [2.24, 2.45) is 11.7 Å². The maximum Gasteiger partial charge on any atom is 0.225 e. The predicted octanol–water partition coefficient (Wildman–Crippen LogP) is 2.15. The lowest BCUT2D eigenvalue weighted by molar-refractivity contribution is -0.138. The summed E-state index contributed by atoms with van der Waals surface area (Å²) in [5, 5.41) is 0. The monoisotopic (exact) mass is 226 g/mol. The molecule has 3 heteroatoms. The van der Waals surface area contributed by atoms with Crippen LogP contribution in [-0.4, -0.2) is 29.4 Å². The van der Waals surface area contributed by atoms with E-state index in [9.17, 15) is 4.79 Å². The maximum atomic E-state index is 12.3. The molecule has 3 nitrogen and oxygen atoms in total. The van der Waals surface area contributed by atoms with Gasteiger partial charge in [0.25, 0.3) is 0 Å². The first-order chi connectivity index (χ1) is 7.60. The first-order valence-electron chi connectivity index (χ1n) is 6.66. The predicted molar refractivity (Wildman–Crippen MR) is 67.1 cm³/mol. The van der Waals surface area contributed by atoms with Crippen LogP contribution in [0.25, 0.3) is 0 Å². The molecule has 0 aromatic carbocycles. The molecule has 1 saturated carbocycles. The molecule has 0 aromatic rings. The number of carbonyl (C=O) groups is 1. The van der Waals surface area contributed by atoms with Crippen molar-refractivity contribution >= 4 is 5.91 Å². The molecule has 0 spiro atoms. The molecule has 1 fully saturated rings. The number of hydrogen-bond donors (Lipinski definition) is 1. The lowest BCUT2D eigenvalue weighted by Crippen LogP contribution is -2.43. The highest BCUT2D eigenvalue weighted by Crippen LogP contribution is 2.25. The molecule has 0 bridgehead atoms. The number of nitrogens with two attached hydrogens (primary N) is 1. The molecule has 0 heterocycles. The smallest absolute Gasteiger partial charge is 0.225 e.